The Morgan fingerprint density at radius 3 is 2.79 bits per heavy atom. The molecule has 1 aromatic carbocycles. The van der Waals surface area contributed by atoms with Crippen LogP contribution in [0.4, 0.5) is 0 Å². The van der Waals surface area contributed by atoms with Gasteiger partial charge in [-0.2, -0.15) is 0 Å². The molecular weight excluding hydrogens is 392 g/mol. The predicted octanol–water partition coefficient (Wildman–Crippen LogP) is 3.88. The normalized spacial score (nSPS) is 19.1. The summed E-state index contributed by atoms with van der Waals surface area (Å²) in [7, 11) is 0. The monoisotopic (exact) mass is 412 g/mol. The van der Waals surface area contributed by atoms with Crippen LogP contribution in [-0.4, -0.2) is 37.8 Å². The van der Waals surface area contributed by atoms with E-state index in [4.69, 9.17) is 23.8 Å². The first kappa shape index (κ1) is 18.9. The molecule has 0 spiro atoms. The minimum Gasteiger partial charge on any atom is -0.396 e. The smallest absolute Gasteiger partial charge is 0.170 e. The van der Waals surface area contributed by atoms with Crippen LogP contribution in [0, 0.1) is 0 Å². The highest BCUT2D eigenvalue weighted by Crippen LogP contribution is 2.39. The van der Waals surface area contributed by atoms with Crippen LogP contribution in [0.15, 0.2) is 67.0 Å². The van der Waals surface area contributed by atoms with E-state index < -0.39 is 0 Å². The Hall–Kier alpha value is -2.41. The summed E-state index contributed by atoms with van der Waals surface area (Å²) in [6.45, 7) is 0.784. The number of rotatable bonds is 6. The SMILES string of the molecule is OCCCN1C(=S)NC(c2ccccn2)C1c1cccn1-c1cccc(Cl)c1. The lowest BCUT2D eigenvalue weighted by molar-refractivity contribution is 0.245. The minimum absolute atomic E-state index is 0.0528. The molecule has 2 atom stereocenters. The summed E-state index contributed by atoms with van der Waals surface area (Å²) < 4.78 is 2.13. The third-order valence-corrected chi connectivity index (χ3v) is 5.51. The largest absolute Gasteiger partial charge is 0.396 e. The van der Waals surface area contributed by atoms with Gasteiger partial charge in [-0.1, -0.05) is 23.7 Å². The number of aliphatic hydroxyl groups is 1. The highest BCUT2D eigenvalue weighted by Gasteiger charge is 2.40. The molecule has 1 aliphatic rings. The molecule has 0 amide bonds. The number of benzene rings is 1. The second-order valence-corrected chi connectivity index (χ2v) is 7.50. The average molecular weight is 413 g/mol. The van der Waals surface area contributed by atoms with Gasteiger partial charge in [0.1, 0.15) is 0 Å². The zero-order chi connectivity index (χ0) is 19.5. The van der Waals surface area contributed by atoms with E-state index in [9.17, 15) is 5.11 Å². The van der Waals surface area contributed by atoms with Crippen molar-refractivity contribution in [2.24, 2.45) is 0 Å². The molecule has 0 bridgehead atoms. The molecule has 1 fully saturated rings. The van der Waals surface area contributed by atoms with Gasteiger partial charge in [0.05, 0.1) is 17.8 Å². The van der Waals surface area contributed by atoms with E-state index in [-0.39, 0.29) is 18.7 Å². The maximum Gasteiger partial charge on any atom is 0.170 e. The molecule has 0 saturated carbocycles. The van der Waals surface area contributed by atoms with E-state index in [1.54, 1.807) is 6.20 Å². The van der Waals surface area contributed by atoms with E-state index in [0.717, 1.165) is 17.1 Å². The van der Waals surface area contributed by atoms with Gasteiger partial charge in [-0.05, 0) is 61.1 Å². The summed E-state index contributed by atoms with van der Waals surface area (Å²) >= 11 is 11.9. The topological polar surface area (TPSA) is 53.3 Å². The second-order valence-electron chi connectivity index (χ2n) is 6.68. The fraction of sp³-hybridized carbons (Fsp3) is 0.238. The summed E-state index contributed by atoms with van der Waals surface area (Å²) in [6, 6.07) is 17.7. The molecule has 7 heteroatoms. The first-order chi connectivity index (χ1) is 13.7. The van der Waals surface area contributed by atoms with Crippen LogP contribution < -0.4 is 5.32 Å². The standard InChI is InChI=1S/C21H21ClN4OS/c22-15-6-3-7-16(14-15)25-11-4-9-18(25)20-19(17-8-1-2-10-23-17)24-21(28)26(20)12-5-13-27/h1-4,6-11,14,19-20,27H,5,12-13H2,(H,24,28). The van der Waals surface area contributed by atoms with Crippen LogP contribution in [-0.2, 0) is 0 Å². The summed E-state index contributed by atoms with van der Waals surface area (Å²) in [5, 5.41) is 14.1. The number of hydrogen-bond acceptors (Lipinski definition) is 3. The molecule has 1 saturated heterocycles. The number of thiocarbonyl (C=S) groups is 1. The van der Waals surface area contributed by atoms with Gasteiger partial charge < -0.3 is 19.9 Å². The fourth-order valence-electron chi connectivity index (χ4n) is 3.71. The van der Waals surface area contributed by atoms with Gasteiger partial charge in [0.15, 0.2) is 5.11 Å². The molecule has 2 aromatic heterocycles. The van der Waals surface area contributed by atoms with Crippen molar-refractivity contribution in [2.45, 2.75) is 18.5 Å². The first-order valence-electron chi connectivity index (χ1n) is 9.21. The lowest BCUT2D eigenvalue weighted by Crippen LogP contribution is -2.31. The van der Waals surface area contributed by atoms with Crippen LogP contribution in [0.2, 0.25) is 5.02 Å². The number of hydrogen-bond donors (Lipinski definition) is 2. The lowest BCUT2D eigenvalue weighted by Gasteiger charge is -2.28. The highest BCUT2D eigenvalue weighted by atomic mass is 35.5. The Morgan fingerprint density at radius 1 is 1.14 bits per heavy atom. The van der Waals surface area contributed by atoms with Crippen molar-refractivity contribution < 1.29 is 5.11 Å². The van der Waals surface area contributed by atoms with Gasteiger partial charge in [0, 0.05) is 41.9 Å². The maximum absolute atomic E-state index is 9.35. The van der Waals surface area contributed by atoms with Crippen molar-refractivity contribution in [3.63, 3.8) is 0 Å². The van der Waals surface area contributed by atoms with Crippen molar-refractivity contribution in [1.29, 1.82) is 0 Å². The van der Waals surface area contributed by atoms with Gasteiger partial charge in [-0.3, -0.25) is 4.98 Å². The Bertz CT molecular complexity index is 962. The van der Waals surface area contributed by atoms with Crippen molar-refractivity contribution >= 4 is 28.9 Å². The third-order valence-electron chi connectivity index (χ3n) is 4.92. The van der Waals surface area contributed by atoms with E-state index in [1.165, 1.54) is 0 Å². The molecule has 28 heavy (non-hydrogen) atoms. The molecule has 0 aliphatic carbocycles. The number of halogens is 1. The molecule has 2 N–H and O–H groups in total. The summed E-state index contributed by atoms with van der Waals surface area (Å²) in [5.74, 6) is 0. The van der Waals surface area contributed by atoms with Gasteiger partial charge in [-0.15, -0.1) is 0 Å². The zero-order valence-corrected chi connectivity index (χ0v) is 16.8. The number of nitrogens with zero attached hydrogens (tertiary/aromatic N) is 3. The molecular formula is C21H21ClN4OS. The molecule has 2 unspecified atom stereocenters. The molecule has 0 radical (unpaired) electrons. The second kappa shape index (κ2) is 8.31. The van der Waals surface area contributed by atoms with Gasteiger partial charge >= 0.3 is 0 Å². The van der Waals surface area contributed by atoms with Crippen LogP contribution in [0.5, 0.6) is 0 Å². The van der Waals surface area contributed by atoms with Crippen molar-refractivity contribution in [3.8, 4) is 5.69 Å². The van der Waals surface area contributed by atoms with E-state index in [1.807, 2.05) is 54.7 Å². The third kappa shape index (κ3) is 3.63. The van der Waals surface area contributed by atoms with E-state index in [0.29, 0.717) is 23.1 Å². The van der Waals surface area contributed by atoms with Gasteiger partial charge in [0.2, 0.25) is 0 Å². The van der Waals surface area contributed by atoms with Crippen LogP contribution in [0.25, 0.3) is 5.69 Å². The summed E-state index contributed by atoms with van der Waals surface area (Å²) in [6.07, 6.45) is 4.47. The maximum atomic E-state index is 9.35. The minimum atomic E-state index is -0.0831. The Labute approximate surface area is 174 Å². The van der Waals surface area contributed by atoms with Crippen LogP contribution in [0.1, 0.15) is 29.9 Å². The molecule has 5 nitrogen and oxygen atoms in total. The predicted molar refractivity (Wildman–Crippen MR) is 115 cm³/mol. The molecule has 4 rings (SSSR count). The van der Waals surface area contributed by atoms with Gasteiger partial charge in [0.25, 0.3) is 0 Å². The van der Waals surface area contributed by atoms with Crippen molar-refractivity contribution in [3.05, 3.63) is 83.4 Å². The quantitative estimate of drug-likeness (QED) is 0.602. The number of aromatic nitrogens is 2. The van der Waals surface area contributed by atoms with E-state index in [2.05, 4.69) is 25.8 Å². The summed E-state index contributed by atoms with van der Waals surface area (Å²) in [4.78, 5) is 6.70. The first-order valence-corrected chi connectivity index (χ1v) is 10.00. The number of nitrogens with one attached hydrogen (secondary N) is 1. The van der Waals surface area contributed by atoms with Crippen LogP contribution >= 0.6 is 23.8 Å². The van der Waals surface area contributed by atoms with Gasteiger partial charge in [-0.25, -0.2) is 0 Å². The Balaban J connectivity index is 1.79. The fourth-order valence-corrected chi connectivity index (χ4v) is 4.22. The molecule has 144 valence electrons. The number of aliphatic hydroxyl groups excluding tert-OH is 1. The Kier molecular flexibility index (Phi) is 5.62. The average Bonchev–Trinajstić information content (AvgIpc) is 3.31. The zero-order valence-electron chi connectivity index (χ0n) is 15.2. The Morgan fingerprint density at radius 2 is 2.04 bits per heavy atom. The van der Waals surface area contributed by atoms with Crippen molar-refractivity contribution in [1.82, 2.24) is 19.8 Å². The lowest BCUT2D eigenvalue weighted by atomic mass is 10.0. The molecule has 1 aliphatic heterocycles. The summed E-state index contributed by atoms with van der Waals surface area (Å²) in [5.41, 5.74) is 3.01. The number of pyridine rings is 1. The molecule has 3 aromatic rings. The van der Waals surface area contributed by atoms with E-state index >= 15 is 0 Å². The van der Waals surface area contributed by atoms with Crippen LogP contribution in [0.3, 0.4) is 0 Å². The molecule has 3 heterocycles. The van der Waals surface area contributed by atoms with Crippen molar-refractivity contribution in [2.75, 3.05) is 13.2 Å². The highest BCUT2D eigenvalue weighted by molar-refractivity contribution is 7.80.